The van der Waals surface area contributed by atoms with E-state index in [-0.39, 0.29) is 5.78 Å². The average Bonchev–Trinajstić information content (AvgIpc) is 2.98. The number of ketones is 1. The normalized spacial score (nSPS) is 15.5. The Morgan fingerprint density at radius 2 is 1.95 bits per heavy atom. The maximum Gasteiger partial charge on any atom is 0.212 e. The van der Waals surface area contributed by atoms with E-state index >= 15 is 0 Å². The molecular formula is C14H14N2O2S. The number of carbonyl (C=O) groups is 1. The lowest BCUT2D eigenvalue weighted by molar-refractivity contribution is 0.103. The maximum absolute atomic E-state index is 12.2. The molecule has 0 bridgehead atoms. The SMILES string of the molecule is O=C(c1ccccc1)c1csc(N2CCOCC2)n1. The largest absolute Gasteiger partial charge is 0.378 e. The summed E-state index contributed by atoms with van der Waals surface area (Å²) in [5.41, 5.74) is 1.21. The molecule has 0 unspecified atom stereocenters. The molecule has 5 heteroatoms. The van der Waals surface area contributed by atoms with Crippen molar-refractivity contribution in [3.8, 4) is 0 Å². The monoisotopic (exact) mass is 274 g/mol. The van der Waals surface area contributed by atoms with Crippen LogP contribution in [0.5, 0.6) is 0 Å². The van der Waals surface area contributed by atoms with Crippen LogP contribution in [0.1, 0.15) is 16.1 Å². The number of nitrogens with zero attached hydrogens (tertiary/aromatic N) is 2. The molecule has 1 aliphatic heterocycles. The van der Waals surface area contributed by atoms with Gasteiger partial charge in [0.1, 0.15) is 5.69 Å². The van der Waals surface area contributed by atoms with Gasteiger partial charge in [-0.25, -0.2) is 4.98 Å². The van der Waals surface area contributed by atoms with Crippen LogP contribution in [0.2, 0.25) is 0 Å². The minimum Gasteiger partial charge on any atom is -0.378 e. The minimum atomic E-state index is -0.0173. The van der Waals surface area contributed by atoms with E-state index in [0.29, 0.717) is 11.3 Å². The molecule has 1 aromatic heterocycles. The summed E-state index contributed by atoms with van der Waals surface area (Å²) >= 11 is 1.52. The molecule has 19 heavy (non-hydrogen) atoms. The zero-order valence-electron chi connectivity index (χ0n) is 10.4. The number of benzene rings is 1. The molecule has 0 amide bonds. The molecule has 3 rings (SSSR count). The van der Waals surface area contributed by atoms with Gasteiger partial charge >= 0.3 is 0 Å². The lowest BCUT2D eigenvalue weighted by Crippen LogP contribution is -2.36. The van der Waals surface area contributed by atoms with E-state index < -0.39 is 0 Å². The van der Waals surface area contributed by atoms with E-state index in [1.165, 1.54) is 11.3 Å². The number of aromatic nitrogens is 1. The fourth-order valence-electron chi connectivity index (χ4n) is 2.01. The van der Waals surface area contributed by atoms with E-state index in [9.17, 15) is 4.79 Å². The third-order valence-corrected chi connectivity index (χ3v) is 3.94. The Labute approximate surface area is 115 Å². The van der Waals surface area contributed by atoms with Crippen LogP contribution in [0.15, 0.2) is 35.7 Å². The number of ether oxygens (including phenoxy) is 1. The number of morpholine rings is 1. The van der Waals surface area contributed by atoms with Crippen molar-refractivity contribution < 1.29 is 9.53 Å². The molecule has 4 nitrogen and oxygen atoms in total. The van der Waals surface area contributed by atoms with Gasteiger partial charge in [-0.15, -0.1) is 11.3 Å². The van der Waals surface area contributed by atoms with Gasteiger partial charge in [-0.2, -0.15) is 0 Å². The zero-order valence-corrected chi connectivity index (χ0v) is 11.2. The number of carbonyl (C=O) groups excluding carboxylic acids is 1. The number of rotatable bonds is 3. The van der Waals surface area contributed by atoms with E-state index in [2.05, 4.69) is 9.88 Å². The van der Waals surface area contributed by atoms with Crippen molar-refractivity contribution in [2.75, 3.05) is 31.2 Å². The molecule has 1 fully saturated rings. The highest BCUT2D eigenvalue weighted by Crippen LogP contribution is 2.22. The second kappa shape index (κ2) is 5.50. The first-order valence-corrected chi connectivity index (χ1v) is 7.10. The van der Waals surface area contributed by atoms with Crippen molar-refractivity contribution in [2.45, 2.75) is 0 Å². The predicted molar refractivity (Wildman–Crippen MR) is 75.0 cm³/mol. The highest BCUT2D eigenvalue weighted by molar-refractivity contribution is 7.14. The summed E-state index contributed by atoms with van der Waals surface area (Å²) in [4.78, 5) is 18.9. The van der Waals surface area contributed by atoms with Crippen LogP contribution >= 0.6 is 11.3 Å². The molecule has 2 aromatic rings. The molecule has 98 valence electrons. The Balaban J connectivity index is 1.79. The summed E-state index contributed by atoms with van der Waals surface area (Å²) < 4.78 is 5.31. The molecule has 1 aromatic carbocycles. The third kappa shape index (κ3) is 2.67. The molecule has 2 heterocycles. The van der Waals surface area contributed by atoms with E-state index in [1.54, 1.807) is 0 Å². The van der Waals surface area contributed by atoms with Gasteiger partial charge in [0, 0.05) is 24.0 Å². The Morgan fingerprint density at radius 3 is 2.68 bits per heavy atom. The molecule has 0 spiro atoms. The first-order valence-electron chi connectivity index (χ1n) is 6.22. The summed E-state index contributed by atoms with van der Waals surface area (Å²) in [5.74, 6) is -0.0173. The molecule has 1 aliphatic rings. The summed E-state index contributed by atoms with van der Waals surface area (Å²) in [7, 11) is 0. The van der Waals surface area contributed by atoms with E-state index in [1.807, 2.05) is 35.7 Å². The van der Waals surface area contributed by atoms with Gasteiger partial charge in [-0.3, -0.25) is 4.79 Å². The Bertz CT molecular complexity index is 562. The zero-order chi connectivity index (χ0) is 13.1. The van der Waals surface area contributed by atoms with E-state index in [0.717, 1.165) is 31.4 Å². The Hall–Kier alpha value is -1.72. The highest BCUT2D eigenvalue weighted by atomic mass is 32.1. The van der Waals surface area contributed by atoms with Gasteiger partial charge in [0.25, 0.3) is 0 Å². The lowest BCUT2D eigenvalue weighted by atomic mass is 10.1. The average molecular weight is 274 g/mol. The van der Waals surface area contributed by atoms with Crippen LogP contribution in [0.3, 0.4) is 0 Å². The van der Waals surface area contributed by atoms with Crippen LogP contribution in [0.4, 0.5) is 5.13 Å². The van der Waals surface area contributed by atoms with Gasteiger partial charge < -0.3 is 9.64 Å². The van der Waals surface area contributed by atoms with Crippen LogP contribution in [-0.4, -0.2) is 37.1 Å². The fourth-order valence-corrected chi connectivity index (χ4v) is 2.87. The van der Waals surface area contributed by atoms with Crippen molar-refractivity contribution >= 4 is 22.3 Å². The van der Waals surface area contributed by atoms with Gasteiger partial charge in [0.05, 0.1) is 13.2 Å². The van der Waals surface area contributed by atoms with Crippen molar-refractivity contribution in [3.05, 3.63) is 47.0 Å². The number of hydrogen-bond donors (Lipinski definition) is 0. The Kier molecular flexibility index (Phi) is 3.57. The maximum atomic E-state index is 12.2. The highest BCUT2D eigenvalue weighted by Gasteiger charge is 2.18. The summed E-state index contributed by atoms with van der Waals surface area (Å²) in [5, 5.41) is 2.74. The quantitative estimate of drug-likeness (QED) is 0.805. The van der Waals surface area contributed by atoms with Gasteiger partial charge in [-0.1, -0.05) is 30.3 Å². The number of hydrogen-bond acceptors (Lipinski definition) is 5. The molecule has 0 aliphatic carbocycles. The van der Waals surface area contributed by atoms with Crippen LogP contribution in [0, 0.1) is 0 Å². The summed E-state index contributed by atoms with van der Waals surface area (Å²) in [6, 6.07) is 9.26. The topological polar surface area (TPSA) is 42.4 Å². The van der Waals surface area contributed by atoms with Crippen LogP contribution in [0.25, 0.3) is 0 Å². The van der Waals surface area contributed by atoms with Crippen molar-refractivity contribution in [3.63, 3.8) is 0 Å². The lowest BCUT2D eigenvalue weighted by Gasteiger charge is -2.25. The minimum absolute atomic E-state index is 0.0173. The standard InChI is InChI=1S/C14H14N2O2S/c17-13(11-4-2-1-3-5-11)12-10-19-14(15-12)16-6-8-18-9-7-16/h1-5,10H,6-9H2. The molecule has 0 atom stereocenters. The third-order valence-electron chi connectivity index (χ3n) is 3.04. The van der Waals surface area contributed by atoms with Gasteiger partial charge in [0.2, 0.25) is 5.78 Å². The number of thiazole rings is 1. The van der Waals surface area contributed by atoms with Crippen molar-refractivity contribution in [1.29, 1.82) is 0 Å². The van der Waals surface area contributed by atoms with Gasteiger partial charge in [0.15, 0.2) is 5.13 Å². The van der Waals surface area contributed by atoms with Crippen molar-refractivity contribution in [2.24, 2.45) is 0 Å². The molecule has 1 saturated heterocycles. The van der Waals surface area contributed by atoms with Gasteiger partial charge in [-0.05, 0) is 0 Å². The summed E-state index contributed by atoms with van der Waals surface area (Å²) in [6.07, 6.45) is 0. The first-order chi connectivity index (χ1) is 9.34. The Morgan fingerprint density at radius 1 is 1.21 bits per heavy atom. The second-order valence-electron chi connectivity index (χ2n) is 4.31. The van der Waals surface area contributed by atoms with E-state index in [4.69, 9.17) is 4.74 Å². The van der Waals surface area contributed by atoms with Crippen molar-refractivity contribution in [1.82, 2.24) is 4.98 Å². The molecule has 0 N–H and O–H groups in total. The summed E-state index contributed by atoms with van der Waals surface area (Å²) in [6.45, 7) is 3.13. The second-order valence-corrected chi connectivity index (χ2v) is 5.15. The fraction of sp³-hybridized carbons (Fsp3) is 0.286. The number of anilines is 1. The first kappa shape index (κ1) is 12.3. The molecule has 0 radical (unpaired) electrons. The molecule has 0 saturated carbocycles. The van der Waals surface area contributed by atoms with Crippen LogP contribution in [-0.2, 0) is 4.74 Å². The van der Waals surface area contributed by atoms with Crippen LogP contribution < -0.4 is 4.90 Å². The smallest absolute Gasteiger partial charge is 0.212 e. The predicted octanol–water partition coefficient (Wildman–Crippen LogP) is 2.21. The molecular weight excluding hydrogens is 260 g/mol.